The molecule has 1 aromatic carbocycles. The van der Waals surface area contributed by atoms with E-state index in [9.17, 15) is 14.4 Å². The molecule has 3 heterocycles. The minimum atomic E-state index is -0.908. The van der Waals surface area contributed by atoms with Crippen molar-refractivity contribution in [3.05, 3.63) is 64.8 Å². The Hall–Kier alpha value is -3.60. The van der Waals surface area contributed by atoms with E-state index in [0.717, 1.165) is 30.8 Å². The van der Waals surface area contributed by atoms with Crippen molar-refractivity contribution in [1.29, 1.82) is 0 Å². The Morgan fingerprint density at radius 1 is 1.24 bits per heavy atom. The van der Waals surface area contributed by atoms with Crippen molar-refractivity contribution < 1.29 is 23.9 Å². The number of amides is 2. The number of aromatic nitrogens is 2. The van der Waals surface area contributed by atoms with E-state index in [1.807, 2.05) is 61.2 Å². The van der Waals surface area contributed by atoms with Crippen LogP contribution in [0.15, 0.2) is 48.1 Å². The maximum atomic E-state index is 13.1. The molecule has 2 aliphatic rings. The lowest BCUT2D eigenvalue weighted by atomic mass is 9.82. The monoisotopic (exact) mass is 576 g/mol. The van der Waals surface area contributed by atoms with Crippen LogP contribution in [0, 0.1) is 11.8 Å². The zero-order valence-corrected chi connectivity index (χ0v) is 24.6. The SMILES string of the molecule is COC[C@H](NC(=O)c1ccn(C(C)(C)C)c1)C(=O)Nc1nc(-c2ccc3c(c2)C(=O)CCC(C2COC2)C=C3)cs1. The number of anilines is 1. The fourth-order valence-corrected chi connectivity index (χ4v) is 5.67. The molecule has 3 aromatic rings. The normalized spacial score (nSPS) is 18.1. The number of allylic oxidation sites excluding steroid dienone is 1. The van der Waals surface area contributed by atoms with E-state index in [0.29, 0.717) is 40.2 Å². The molecule has 2 amide bonds. The van der Waals surface area contributed by atoms with Crippen LogP contribution in [0.4, 0.5) is 5.13 Å². The van der Waals surface area contributed by atoms with Gasteiger partial charge in [0.05, 0.1) is 31.1 Å². The topological polar surface area (TPSA) is 112 Å². The molecular weight excluding hydrogens is 540 g/mol. The summed E-state index contributed by atoms with van der Waals surface area (Å²) in [7, 11) is 1.47. The molecule has 0 spiro atoms. The molecule has 0 bridgehead atoms. The lowest BCUT2D eigenvalue weighted by molar-refractivity contribution is -0.119. The van der Waals surface area contributed by atoms with Gasteiger partial charge < -0.3 is 24.7 Å². The van der Waals surface area contributed by atoms with Gasteiger partial charge in [0.2, 0.25) is 0 Å². The summed E-state index contributed by atoms with van der Waals surface area (Å²) in [6, 6.07) is 6.59. The molecule has 41 heavy (non-hydrogen) atoms. The van der Waals surface area contributed by atoms with E-state index < -0.39 is 11.9 Å². The molecule has 1 unspecified atom stereocenters. The summed E-state index contributed by atoms with van der Waals surface area (Å²) in [6.45, 7) is 7.66. The number of nitrogens with zero attached hydrogens (tertiary/aromatic N) is 2. The van der Waals surface area contributed by atoms with Gasteiger partial charge in [-0.2, -0.15) is 0 Å². The van der Waals surface area contributed by atoms with Crippen molar-refractivity contribution in [2.45, 2.75) is 45.2 Å². The van der Waals surface area contributed by atoms with E-state index in [2.05, 4.69) is 21.7 Å². The molecule has 216 valence electrons. The third-order valence-corrected chi connectivity index (χ3v) is 8.32. The molecule has 1 aliphatic heterocycles. The van der Waals surface area contributed by atoms with Crippen molar-refractivity contribution in [2.75, 3.05) is 32.2 Å². The quantitative estimate of drug-likeness (QED) is 0.390. The highest BCUT2D eigenvalue weighted by Crippen LogP contribution is 2.32. The number of nitrogens with one attached hydrogen (secondary N) is 2. The fourth-order valence-electron chi connectivity index (χ4n) is 4.95. The number of carbonyl (C=O) groups is 3. The molecule has 1 saturated heterocycles. The average molecular weight is 577 g/mol. The summed E-state index contributed by atoms with van der Waals surface area (Å²) in [5.74, 6) is 0.187. The van der Waals surface area contributed by atoms with E-state index in [1.54, 1.807) is 12.3 Å². The lowest BCUT2D eigenvalue weighted by Gasteiger charge is -2.32. The second-order valence-corrected chi connectivity index (χ2v) is 12.4. The summed E-state index contributed by atoms with van der Waals surface area (Å²) >= 11 is 1.28. The van der Waals surface area contributed by atoms with Gasteiger partial charge in [0.15, 0.2) is 10.9 Å². The number of ether oxygens (including phenoxy) is 2. The first-order valence-corrected chi connectivity index (χ1v) is 14.7. The Morgan fingerprint density at radius 3 is 2.73 bits per heavy atom. The second-order valence-electron chi connectivity index (χ2n) is 11.6. The minimum absolute atomic E-state index is 0.00483. The van der Waals surface area contributed by atoms with Crippen LogP contribution in [0.2, 0.25) is 0 Å². The van der Waals surface area contributed by atoms with E-state index in [-0.39, 0.29) is 23.8 Å². The van der Waals surface area contributed by atoms with Crippen molar-refractivity contribution in [3.63, 3.8) is 0 Å². The number of fused-ring (bicyclic) bond motifs is 1. The molecule has 2 N–H and O–H groups in total. The number of methoxy groups -OCH3 is 1. The smallest absolute Gasteiger partial charge is 0.253 e. The number of carbonyl (C=O) groups excluding carboxylic acids is 3. The molecule has 1 aliphatic carbocycles. The lowest BCUT2D eigenvalue weighted by Crippen LogP contribution is -2.46. The second kappa shape index (κ2) is 12.1. The van der Waals surface area contributed by atoms with Crippen molar-refractivity contribution in [3.8, 4) is 11.3 Å². The third-order valence-electron chi connectivity index (χ3n) is 7.57. The van der Waals surface area contributed by atoms with Gasteiger partial charge in [-0.3, -0.25) is 14.4 Å². The zero-order valence-electron chi connectivity index (χ0n) is 23.8. The first-order valence-electron chi connectivity index (χ1n) is 13.8. The van der Waals surface area contributed by atoms with Crippen LogP contribution in [-0.2, 0) is 19.8 Å². The van der Waals surface area contributed by atoms with Crippen LogP contribution in [-0.4, -0.2) is 60.1 Å². The Kier molecular flexibility index (Phi) is 8.53. The Bertz CT molecular complexity index is 1460. The maximum absolute atomic E-state index is 13.1. The highest BCUT2D eigenvalue weighted by Gasteiger charge is 2.29. The maximum Gasteiger partial charge on any atom is 0.253 e. The van der Waals surface area contributed by atoms with Crippen molar-refractivity contribution in [2.24, 2.45) is 11.8 Å². The van der Waals surface area contributed by atoms with Gasteiger partial charge in [0.25, 0.3) is 11.8 Å². The molecule has 2 atom stereocenters. The molecule has 0 saturated carbocycles. The number of benzene rings is 1. The first-order chi connectivity index (χ1) is 19.6. The van der Waals surface area contributed by atoms with Gasteiger partial charge in [-0.1, -0.05) is 24.3 Å². The predicted octanol–water partition coefficient (Wildman–Crippen LogP) is 5.00. The van der Waals surface area contributed by atoms with Crippen LogP contribution in [0.25, 0.3) is 17.3 Å². The first kappa shape index (κ1) is 28.9. The number of rotatable bonds is 8. The summed E-state index contributed by atoms with van der Waals surface area (Å²) in [6.07, 6.45) is 9.18. The molecular formula is C31H36N4O5S. The van der Waals surface area contributed by atoms with E-state index in [1.165, 1.54) is 18.4 Å². The predicted molar refractivity (Wildman–Crippen MR) is 159 cm³/mol. The number of Topliss-reactive ketones (excluding diaryl/α,β-unsaturated/α-hetero) is 1. The number of thiazole rings is 1. The van der Waals surface area contributed by atoms with Crippen molar-refractivity contribution >= 4 is 40.1 Å². The summed E-state index contributed by atoms with van der Waals surface area (Å²) in [5, 5.41) is 7.79. The van der Waals surface area contributed by atoms with E-state index in [4.69, 9.17) is 9.47 Å². The standard InChI is InChI=1S/C31H36N4O5S/c1-31(2,3)35-12-11-22(14-35)28(37)32-25(17-39-4)29(38)34-30-33-26(18-41-30)21-8-7-20-6-5-19(23-15-40-16-23)9-10-27(36)24(20)13-21/h5-8,11-14,18-19,23,25H,9-10,15-17H2,1-4H3,(H,32,37)(H,33,34,38)/t19?,25-/m0/s1. The summed E-state index contributed by atoms with van der Waals surface area (Å²) < 4.78 is 12.5. The average Bonchev–Trinajstić information content (AvgIpc) is 3.58. The Morgan fingerprint density at radius 2 is 2.05 bits per heavy atom. The Labute approximate surface area is 244 Å². The molecule has 1 fully saturated rings. The number of hydrogen-bond donors (Lipinski definition) is 2. The molecule has 9 nitrogen and oxygen atoms in total. The third kappa shape index (κ3) is 6.66. The number of hydrogen-bond acceptors (Lipinski definition) is 7. The minimum Gasteiger partial charge on any atom is -0.382 e. The van der Waals surface area contributed by atoms with Crippen LogP contribution in [0.3, 0.4) is 0 Å². The fraction of sp³-hybridized carbons (Fsp3) is 0.419. The van der Waals surface area contributed by atoms with Gasteiger partial charge in [-0.15, -0.1) is 11.3 Å². The largest absolute Gasteiger partial charge is 0.382 e. The van der Waals surface area contributed by atoms with Crippen LogP contribution >= 0.6 is 11.3 Å². The van der Waals surface area contributed by atoms with Gasteiger partial charge in [-0.05, 0) is 50.8 Å². The highest BCUT2D eigenvalue weighted by molar-refractivity contribution is 7.14. The summed E-state index contributed by atoms with van der Waals surface area (Å²) in [4.78, 5) is 43.6. The van der Waals surface area contributed by atoms with E-state index >= 15 is 0 Å². The van der Waals surface area contributed by atoms with Crippen LogP contribution in [0.5, 0.6) is 0 Å². The van der Waals surface area contributed by atoms with Crippen LogP contribution in [0.1, 0.15) is 59.9 Å². The zero-order chi connectivity index (χ0) is 29.1. The number of ketones is 1. The van der Waals surface area contributed by atoms with Gasteiger partial charge >= 0.3 is 0 Å². The van der Waals surface area contributed by atoms with Crippen LogP contribution < -0.4 is 10.6 Å². The Balaban J connectivity index is 1.26. The van der Waals surface area contributed by atoms with Crippen molar-refractivity contribution in [1.82, 2.24) is 14.9 Å². The van der Waals surface area contributed by atoms with Gasteiger partial charge in [0, 0.05) is 53.9 Å². The van der Waals surface area contributed by atoms with Gasteiger partial charge in [-0.25, -0.2) is 4.98 Å². The van der Waals surface area contributed by atoms with Gasteiger partial charge in [0.1, 0.15) is 6.04 Å². The molecule has 10 heteroatoms. The molecule has 0 radical (unpaired) electrons. The molecule has 2 aromatic heterocycles. The summed E-state index contributed by atoms with van der Waals surface area (Å²) in [5.41, 5.74) is 3.34. The molecule has 5 rings (SSSR count). The highest BCUT2D eigenvalue weighted by atomic mass is 32.1.